The highest BCUT2D eigenvalue weighted by Gasteiger charge is 2.33. The van der Waals surface area contributed by atoms with Gasteiger partial charge in [0.15, 0.2) is 0 Å². The van der Waals surface area contributed by atoms with Crippen molar-refractivity contribution in [2.75, 3.05) is 16.8 Å². The molecule has 2 unspecified atom stereocenters. The number of hydrogen-bond donors (Lipinski definition) is 1. The van der Waals surface area contributed by atoms with E-state index in [-0.39, 0.29) is 24.0 Å². The van der Waals surface area contributed by atoms with Crippen LogP contribution in [0.5, 0.6) is 0 Å². The van der Waals surface area contributed by atoms with Gasteiger partial charge in [0.2, 0.25) is 11.8 Å². The summed E-state index contributed by atoms with van der Waals surface area (Å²) in [4.78, 5) is 30.5. The Bertz CT molecular complexity index is 1080. The van der Waals surface area contributed by atoms with E-state index in [4.69, 9.17) is 9.15 Å². The molecule has 0 saturated heterocycles. The second kappa shape index (κ2) is 8.63. The van der Waals surface area contributed by atoms with Crippen LogP contribution in [0.15, 0.2) is 59.3 Å². The van der Waals surface area contributed by atoms with Crippen molar-refractivity contribution in [3.63, 3.8) is 0 Å². The molecule has 0 spiro atoms. The van der Waals surface area contributed by atoms with E-state index >= 15 is 0 Å². The Hall–Kier alpha value is -3.61. The van der Waals surface area contributed by atoms with E-state index in [1.165, 1.54) is 0 Å². The van der Waals surface area contributed by atoms with Crippen molar-refractivity contribution in [1.29, 1.82) is 0 Å². The molecule has 1 aromatic heterocycles. The predicted octanol–water partition coefficient (Wildman–Crippen LogP) is 4.82. The van der Waals surface area contributed by atoms with Crippen molar-refractivity contribution in [2.45, 2.75) is 39.3 Å². The summed E-state index contributed by atoms with van der Waals surface area (Å²) in [5.41, 5.74) is 4.00. The average molecular weight is 419 g/mol. The van der Waals surface area contributed by atoms with Crippen molar-refractivity contribution in [1.82, 2.24) is 4.98 Å². The quantitative estimate of drug-likeness (QED) is 0.597. The summed E-state index contributed by atoms with van der Waals surface area (Å²) in [5, 5.41) is 3.56. The molecule has 0 bridgehead atoms. The zero-order valence-electron chi connectivity index (χ0n) is 17.8. The van der Waals surface area contributed by atoms with Crippen LogP contribution in [-0.4, -0.2) is 29.5 Å². The number of nitrogens with one attached hydrogen (secondary N) is 1. The first-order valence-electron chi connectivity index (χ1n) is 10.3. The molecule has 7 heteroatoms. The van der Waals surface area contributed by atoms with Crippen LogP contribution in [0.2, 0.25) is 0 Å². The minimum atomic E-state index is -0.368. The Balaban J connectivity index is 1.66. The Morgan fingerprint density at radius 3 is 2.65 bits per heavy atom. The van der Waals surface area contributed by atoms with Crippen LogP contribution in [0, 0.1) is 0 Å². The maximum atomic E-state index is 12.3. The fourth-order valence-electron chi connectivity index (χ4n) is 4.10. The first-order chi connectivity index (χ1) is 15.0. The summed E-state index contributed by atoms with van der Waals surface area (Å²) in [6.45, 7) is 5.69. The van der Waals surface area contributed by atoms with E-state index < -0.39 is 0 Å². The minimum absolute atomic E-state index is 0.0162. The first-order valence-corrected chi connectivity index (χ1v) is 10.3. The van der Waals surface area contributed by atoms with Gasteiger partial charge in [-0.1, -0.05) is 0 Å². The lowest BCUT2D eigenvalue weighted by atomic mass is 9.90. The summed E-state index contributed by atoms with van der Waals surface area (Å²) in [5.74, 6) is 0.179. The molecule has 31 heavy (non-hydrogen) atoms. The highest BCUT2D eigenvalue weighted by atomic mass is 16.5. The number of carbonyl (C=O) groups excluding carboxylic acids is 2. The monoisotopic (exact) mass is 419 g/mol. The number of ether oxygens (including phenoxy) is 1. The van der Waals surface area contributed by atoms with Crippen molar-refractivity contribution in [2.24, 2.45) is 0 Å². The van der Waals surface area contributed by atoms with E-state index in [1.54, 1.807) is 37.3 Å². The van der Waals surface area contributed by atoms with Crippen LogP contribution in [0.25, 0.3) is 11.5 Å². The largest absolute Gasteiger partial charge is 0.462 e. The van der Waals surface area contributed by atoms with Gasteiger partial charge in [-0.2, -0.15) is 0 Å². The van der Waals surface area contributed by atoms with E-state index in [9.17, 15) is 9.59 Å². The van der Waals surface area contributed by atoms with Crippen LogP contribution in [0.1, 0.15) is 49.2 Å². The molecule has 1 aliphatic heterocycles. The van der Waals surface area contributed by atoms with Gasteiger partial charge in [0, 0.05) is 29.9 Å². The molecular formula is C24H25N3O4. The van der Waals surface area contributed by atoms with Crippen molar-refractivity contribution >= 4 is 23.3 Å². The van der Waals surface area contributed by atoms with Gasteiger partial charge in [-0.15, -0.1) is 0 Å². The van der Waals surface area contributed by atoms with E-state index in [0.717, 1.165) is 22.5 Å². The lowest BCUT2D eigenvalue weighted by molar-refractivity contribution is -0.117. The normalized spacial score (nSPS) is 17.7. The number of nitrogens with zero attached hydrogens (tertiary/aromatic N) is 2. The minimum Gasteiger partial charge on any atom is -0.462 e. The number of anilines is 2. The number of carbonyl (C=O) groups is 2. The van der Waals surface area contributed by atoms with E-state index in [1.807, 2.05) is 43.3 Å². The average Bonchev–Trinajstić information content (AvgIpc) is 3.29. The number of rotatable bonds is 5. The van der Waals surface area contributed by atoms with Crippen LogP contribution >= 0.6 is 0 Å². The Kier molecular flexibility index (Phi) is 5.75. The molecule has 1 amide bonds. The fourth-order valence-corrected chi connectivity index (χ4v) is 4.10. The molecule has 0 aliphatic carbocycles. The van der Waals surface area contributed by atoms with Gasteiger partial charge in [0.05, 0.1) is 24.4 Å². The molecule has 2 heterocycles. The molecule has 160 valence electrons. The van der Waals surface area contributed by atoms with Gasteiger partial charge < -0.3 is 19.4 Å². The van der Waals surface area contributed by atoms with Gasteiger partial charge in [0.1, 0.15) is 6.26 Å². The molecule has 2 aromatic carbocycles. The van der Waals surface area contributed by atoms with Gasteiger partial charge >= 0.3 is 5.97 Å². The molecule has 4 rings (SSSR count). The standard InChI is InChI=1S/C24H25N3O4/c1-4-30-24(29)18-7-10-22-20(14-18)21(13-15(2)27(22)16(3)28)26-19-8-5-17(6-9-19)23-25-11-12-31-23/h5-12,14-15,21,26H,4,13H2,1-3H3. The van der Waals surface area contributed by atoms with Crippen LogP contribution < -0.4 is 10.2 Å². The highest BCUT2D eigenvalue weighted by molar-refractivity contribution is 5.96. The summed E-state index contributed by atoms with van der Waals surface area (Å²) < 4.78 is 10.5. The molecule has 3 aromatic rings. The van der Waals surface area contributed by atoms with Gasteiger partial charge in [-0.05, 0) is 68.3 Å². The van der Waals surface area contributed by atoms with E-state index in [2.05, 4.69) is 10.3 Å². The zero-order valence-corrected chi connectivity index (χ0v) is 17.8. The number of fused-ring (bicyclic) bond motifs is 1. The van der Waals surface area contributed by atoms with E-state index in [0.29, 0.717) is 24.5 Å². The Morgan fingerprint density at radius 1 is 1.23 bits per heavy atom. The number of benzene rings is 2. The molecule has 7 nitrogen and oxygen atoms in total. The van der Waals surface area contributed by atoms with Crippen LogP contribution in [-0.2, 0) is 9.53 Å². The zero-order chi connectivity index (χ0) is 22.0. The Morgan fingerprint density at radius 2 is 2.00 bits per heavy atom. The first kappa shape index (κ1) is 20.7. The molecule has 1 aliphatic rings. The maximum Gasteiger partial charge on any atom is 0.338 e. The summed E-state index contributed by atoms with van der Waals surface area (Å²) in [6, 6.07) is 13.1. The maximum absolute atomic E-state index is 12.3. The number of amides is 1. The second-order valence-electron chi connectivity index (χ2n) is 7.58. The van der Waals surface area contributed by atoms with Crippen LogP contribution in [0.3, 0.4) is 0 Å². The topological polar surface area (TPSA) is 84.7 Å². The lowest BCUT2D eigenvalue weighted by Gasteiger charge is -2.39. The second-order valence-corrected chi connectivity index (χ2v) is 7.58. The number of oxazole rings is 1. The summed E-state index contributed by atoms with van der Waals surface area (Å²) >= 11 is 0. The highest BCUT2D eigenvalue weighted by Crippen LogP contribution is 2.40. The Labute approximate surface area is 181 Å². The van der Waals surface area contributed by atoms with Gasteiger partial charge in [-0.25, -0.2) is 9.78 Å². The van der Waals surface area contributed by atoms with Crippen molar-refractivity contribution in [3.05, 3.63) is 66.1 Å². The number of aromatic nitrogens is 1. The third-order valence-corrected chi connectivity index (χ3v) is 5.44. The van der Waals surface area contributed by atoms with Gasteiger partial charge in [-0.3, -0.25) is 4.79 Å². The lowest BCUT2D eigenvalue weighted by Crippen LogP contribution is -2.43. The number of hydrogen-bond acceptors (Lipinski definition) is 6. The van der Waals surface area contributed by atoms with Crippen molar-refractivity contribution in [3.8, 4) is 11.5 Å². The smallest absolute Gasteiger partial charge is 0.338 e. The molecule has 0 fully saturated rings. The summed E-state index contributed by atoms with van der Waals surface area (Å²) in [6.07, 6.45) is 3.87. The third kappa shape index (κ3) is 4.17. The molecule has 2 atom stereocenters. The fraction of sp³-hybridized carbons (Fsp3) is 0.292. The number of esters is 1. The van der Waals surface area contributed by atoms with Crippen molar-refractivity contribution < 1.29 is 18.7 Å². The third-order valence-electron chi connectivity index (χ3n) is 5.44. The molecule has 0 radical (unpaired) electrons. The SMILES string of the molecule is CCOC(=O)c1ccc2c(c1)C(Nc1ccc(-c3ncco3)cc1)CC(C)N2C(C)=O. The van der Waals surface area contributed by atoms with Crippen LogP contribution in [0.4, 0.5) is 11.4 Å². The van der Waals surface area contributed by atoms with Gasteiger partial charge in [0.25, 0.3) is 0 Å². The molecule has 0 saturated carbocycles. The molecule has 1 N–H and O–H groups in total. The molecular weight excluding hydrogens is 394 g/mol. The summed E-state index contributed by atoms with van der Waals surface area (Å²) in [7, 11) is 0. The predicted molar refractivity (Wildman–Crippen MR) is 118 cm³/mol.